The molecule has 0 bridgehead atoms. The molecule has 0 aromatic heterocycles. The van der Waals surface area contributed by atoms with Crippen molar-refractivity contribution in [1.29, 1.82) is 0 Å². The van der Waals surface area contributed by atoms with Gasteiger partial charge < -0.3 is 9.47 Å². The first-order valence-corrected chi connectivity index (χ1v) is 16.2. The van der Waals surface area contributed by atoms with Crippen LogP contribution in [0, 0.1) is 62.6 Å². The monoisotopic (exact) mass is 526 g/mol. The van der Waals surface area contributed by atoms with Gasteiger partial charge >= 0.3 is 5.97 Å². The number of carbonyl (C=O) groups excluding carboxylic acids is 1. The lowest BCUT2D eigenvalue weighted by Crippen LogP contribution is -2.66. The van der Waals surface area contributed by atoms with E-state index in [1.807, 2.05) is 6.92 Å². The number of fused-ring (bicyclic) bond motifs is 7. The van der Waals surface area contributed by atoms with Gasteiger partial charge in [-0.1, -0.05) is 53.7 Å². The Morgan fingerprint density at radius 3 is 2.29 bits per heavy atom. The molecule has 5 rings (SSSR count). The van der Waals surface area contributed by atoms with Gasteiger partial charge in [0.1, 0.15) is 6.61 Å². The molecule has 0 heterocycles. The van der Waals surface area contributed by atoms with Gasteiger partial charge in [-0.3, -0.25) is 0 Å². The van der Waals surface area contributed by atoms with Crippen LogP contribution in [0.15, 0.2) is 12.2 Å². The van der Waals surface area contributed by atoms with E-state index in [2.05, 4.69) is 55.0 Å². The van der Waals surface area contributed by atoms with E-state index < -0.39 is 0 Å². The Labute approximate surface area is 234 Å². The molecule has 0 aromatic rings. The summed E-state index contributed by atoms with van der Waals surface area (Å²) >= 11 is 0. The highest BCUT2D eigenvalue weighted by Gasteiger charge is 2.70. The highest BCUT2D eigenvalue weighted by atomic mass is 16.6. The van der Waals surface area contributed by atoms with Crippen LogP contribution in [-0.2, 0) is 14.3 Å². The van der Waals surface area contributed by atoms with Crippen molar-refractivity contribution in [3.05, 3.63) is 12.2 Å². The topological polar surface area (TPSA) is 35.5 Å². The number of esters is 1. The molecule has 5 aliphatic carbocycles. The molecule has 10 atom stereocenters. The van der Waals surface area contributed by atoms with Crippen molar-refractivity contribution in [1.82, 2.24) is 0 Å². The quantitative estimate of drug-likeness (QED) is 0.256. The Bertz CT molecular complexity index is 937. The minimum Gasteiger partial charge on any atom is -0.463 e. The van der Waals surface area contributed by atoms with E-state index in [0.717, 1.165) is 17.8 Å². The molecule has 0 N–H and O–H groups in total. The molecular formula is C35H58O3. The van der Waals surface area contributed by atoms with Gasteiger partial charge in [0.25, 0.3) is 0 Å². The highest BCUT2D eigenvalue weighted by Crippen LogP contribution is 2.77. The summed E-state index contributed by atoms with van der Waals surface area (Å²) < 4.78 is 11.3. The van der Waals surface area contributed by atoms with Gasteiger partial charge in [0.05, 0.1) is 6.61 Å². The molecule has 3 heteroatoms. The molecule has 3 nitrogen and oxygen atoms in total. The van der Waals surface area contributed by atoms with Gasteiger partial charge in [0.2, 0.25) is 0 Å². The SMILES string of the molecule is C=C(C)[C@@H]1CC[C@]2(COC(=O)COCC)CC[C@]3(C)[C@H](CC[C@@H]4[C@@]5(C)CC[C@H](C)C(C)(C)[C@@H]5CC[C@]43C)[C@@H]12. The fourth-order valence-electron chi connectivity index (χ4n) is 12.2. The molecule has 0 spiro atoms. The van der Waals surface area contributed by atoms with Crippen LogP contribution in [0.3, 0.4) is 0 Å². The van der Waals surface area contributed by atoms with Crippen molar-refractivity contribution < 1.29 is 14.3 Å². The second-order valence-corrected chi connectivity index (χ2v) is 16.1. The molecular weight excluding hydrogens is 468 g/mol. The van der Waals surface area contributed by atoms with Crippen molar-refractivity contribution in [3.63, 3.8) is 0 Å². The summed E-state index contributed by atoms with van der Waals surface area (Å²) in [4.78, 5) is 12.5. The minimum atomic E-state index is -0.192. The van der Waals surface area contributed by atoms with Gasteiger partial charge in [-0.2, -0.15) is 0 Å². The maximum absolute atomic E-state index is 12.5. The largest absolute Gasteiger partial charge is 0.463 e. The first kappa shape index (κ1) is 28.7. The van der Waals surface area contributed by atoms with E-state index in [0.29, 0.717) is 52.6 Å². The van der Waals surface area contributed by atoms with Crippen LogP contribution in [0.2, 0.25) is 0 Å². The molecule has 0 aromatic carbocycles. The van der Waals surface area contributed by atoms with Crippen molar-refractivity contribution >= 4 is 5.97 Å². The van der Waals surface area contributed by atoms with Gasteiger partial charge in [0, 0.05) is 12.0 Å². The van der Waals surface area contributed by atoms with Gasteiger partial charge in [-0.15, -0.1) is 0 Å². The van der Waals surface area contributed by atoms with Crippen LogP contribution in [0.25, 0.3) is 0 Å². The Hall–Kier alpha value is -0.830. The van der Waals surface area contributed by atoms with Crippen LogP contribution in [-0.4, -0.2) is 25.8 Å². The normalized spacial score (nSPS) is 49.3. The lowest BCUT2D eigenvalue weighted by Gasteiger charge is -2.73. The summed E-state index contributed by atoms with van der Waals surface area (Å²) in [6.45, 7) is 25.8. The second kappa shape index (κ2) is 9.63. The van der Waals surface area contributed by atoms with E-state index in [-0.39, 0.29) is 18.0 Å². The lowest BCUT2D eigenvalue weighted by molar-refractivity contribution is -0.244. The number of carbonyl (C=O) groups is 1. The zero-order valence-corrected chi connectivity index (χ0v) is 26.1. The average molecular weight is 527 g/mol. The number of rotatable bonds is 6. The van der Waals surface area contributed by atoms with Crippen molar-refractivity contribution in [3.8, 4) is 0 Å². The summed E-state index contributed by atoms with van der Waals surface area (Å²) in [5.41, 5.74) is 3.10. The Balaban J connectivity index is 1.46. The standard InChI is InChI=1S/C35H58O3/c1-10-37-21-29(36)38-22-35-18-14-25(23(2)3)30(35)26-11-12-28-32(7)16-13-24(4)31(5,6)27(32)15-17-34(28,9)33(26,8)19-20-35/h24-28,30H,2,10-22H2,1,3-9H3/t24-,25-,26+,27-,28+,30+,32-,33+,34+,35+/m0/s1. The molecule has 0 amide bonds. The molecule has 38 heavy (non-hydrogen) atoms. The summed E-state index contributed by atoms with van der Waals surface area (Å²) in [5, 5.41) is 0. The third kappa shape index (κ3) is 3.93. The maximum Gasteiger partial charge on any atom is 0.332 e. The molecule has 0 unspecified atom stereocenters. The van der Waals surface area contributed by atoms with Crippen LogP contribution in [0.4, 0.5) is 0 Å². The number of hydrogen-bond donors (Lipinski definition) is 0. The Morgan fingerprint density at radius 2 is 1.61 bits per heavy atom. The van der Waals surface area contributed by atoms with E-state index in [9.17, 15) is 4.79 Å². The van der Waals surface area contributed by atoms with E-state index in [1.165, 1.54) is 69.8 Å². The van der Waals surface area contributed by atoms with Crippen molar-refractivity contribution in [2.24, 2.45) is 62.6 Å². The van der Waals surface area contributed by atoms with E-state index >= 15 is 0 Å². The van der Waals surface area contributed by atoms with Crippen molar-refractivity contribution in [2.45, 2.75) is 120 Å². The van der Waals surface area contributed by atoms with Gasteiger partial charge in [0.15, 0.2) is 0 Å². The zero-order chi connectivity index (χ0) is 27.7. The lowest BCUT2D eigenvalue weighted by atomic mass is 9.32. The van der Waals surface area contributed by atoms with Crippen LogP contribution >= 0.6 is 0 Å². The van der Waals surface area contributed by atoms with Crippen molar-refractivity contribution in [2.75, 3.05) is 19.8 Å². The molecule has 5 aliphatic rings. The number of ether oxygens (including phenoxy) is 2. The number of hydrogen-bond acceptors (Lipinski definition) is 3. The number of allylic oxidation sites excluding steroid dienone is 1. The first-order chi connectivity index (χ1) is 17.8. The van der Waals surface area contributed by atoms with Crippen LogP contribution < -0.4 is 0 Å². The minimum absolute atomic E-state index is 0.0801. The molecule has 0 radical (unpaired) electrons. The zero-order valence-electron chi connectivity index (χ0n) is 26.1. The van der Waals surface area contributed by atoms with E-state index in [4.69, 9.17) is 9.47 Å². The maximum atomic E-state index is 12.5. The summed E-state index contributed by atoms with van der Waals surface area (Å²) in [7, 11) is 0. The fraction of sp³-hybridized carbons (Fsp3) is 0.914. The molecule has 0 saturated heterocycles. The fourth-order valence-corrected chi connectivity index (χ4v) is 12.2. The predicted molar refractivity (Wildman–Crippen MR) is 156 cm³/mol. The third-order valence-corrected chi connectivity index (χ3v) is 14.7. The third-order valence-electron chi connectivity index (χ3n) is 14.7. The summed E-state index contributed by atoms with van der Waals surface area (Å²) in [6, 6.07) is 0. The van der Waals surface area contributed by atoms with Crippen LogP contribution in [0.5, 0.6) is 0 Å². The molecule has 0 aliphatic heterocycles. The van der Waals surface area contributed by atoms with Crippen LogP contribution in [0.1, 0.15) is 120 Å². The smallest absolute Gasteiger partial charge is 0.332 e. The first-order valence-electron chi connectivity index (χ1n) is 16.2. The molecule has 216 valence electrons. The average Bonchev–Trinajstić information content (AvgIpc) is 3.25. The van der Waals surface area contributed by atoms with Gasteiger partial charge in [-0.25, -0.2) is 4.79 Å². The van der Waals surface area contributed by atoms with E-state index in [1.54, 1.807) is 0 Å². The predicted octanol–water partition coefficient (Wildman–Crippen LogP) is 8.86. The Kier molecular flexibility index (Phi) is 7.27. The summed E-state index contributed by atoms with van der Waals surface area (Å²) in [6.07, 6.45) is 13.2. The highest BCUT2D eigenvalue weighted by molar-refractivity contribution is 5.70. The molecule has 5 fully saturated rings. The molecule has 5 saturated carbocycles. The second-order valence-electron chi connectivity index (χ2n) is 16.1. The summed E-state index contributed by atoms with van der Waals surface area (Å²) in [5.74, 6) is 4.15. The van der Waals surface area contributed by atoms with Gasteiger partial charge in [-0.05, 0) is 135 Å². The Morgan fingerprint density at radius 1 is 0.868 bits per heavy atom.